The smallest absolute Gasteiger partial charge is 0.258 e. The number of aromatic amines is 1. The van der Waals surface area contributed by atoms with Gasteiger partial charge in [0.05, 0.1) is 34.2 Å². The van der Waals surface area contributed by atoms with Gasteiger partial charge in [0.1, 0.15) is 11.6 Å². The normalized spacial score (nSPS) is 11.1. The van der Waals surface area contributed by atoms with Crippen molar-refractivity contribution < 1.29 is 9.18 Å². The lowest BCUT2D eigenvalue weighted by atomic mass is 10.0. The topological polar surface area (TPSA) is 79.0 Å². The van der Waals surface area contributed by atoms with E-state index in [0.717, 1.165) is 0 Å². The molecule has 0 aliphatic heterocycles. The van der Waals surface area contributed by atoms with Crippen molar-refractivity contribution in [1.82, 2.24) is 19.9 Å². The second-order valence-electron chi connectivity index (χ2n) is 7.77. The molecule has 0 unspecified atom stereocenters. The third kappa shape index (κ3) is 3.96. The Morgan fingerprint density at radius 2 is 1.55 bits per heavy atom. The Morgan fingerprint density at radius 1 is 0.909 bits per heavy atom. The summed E-state index contributed by atoms with van der Waals surface area (Å²) in [6.45, 7) is 0.126. The second kappa shape index (κ2) is 8.27. The summed E-state index contributed by atoms with van der Waals surface area (Å²) in [5, 5.41) is 1.21. The van der Waals surface area contributed by atoms with Crippen molar-refractivity contribution in [2.75, 3.05) is 7.05 Å². The highest BCUT2D eigenvalue weighted by atomic mass is 19.1. The Labute approximate surface area is 188 Å². The third-order valence-corrected chi connectivity index (χ3v) is 5.48. The lowest BCUT2D eigenvalue weighted by molar-refractivity contribution is 0.0783. The quantitative estimate of drug-likeness (QED) is 0.447. The molecule has 5 rings (SSSR count). The van der Waals surface area contributed by atoms with Crippen LogP contribution in [0.5, 0.6) is 0 Å². The molecule has 0 aliphatic carbocycles. The first-order valence-corrected chi connectivity index (χ1v) is 10.4. The molecule has 0 bridgehead atoms. The van der Waals surface area contributed by atoms with Gasteiger partial charge in [-0.25, -0.2) is 14.4 Å². The van der Waals surface area contributed by atoms with Gasteiger partial charge in [0.2, 0.25) is 0 Å². The second-order valence-corrected chi connectivity index (χ2v) is 7.77. The summed E-state index contributed by atoms with van der Waals surface area (Å²) in [6.07, 6.45) is 0. The Morgan fingerprint density at radius 3 is 2.27 bits per heavy atom. The van der Waals surface area contributed by atoms with Crippen molar-refractivity contribution in [1.29, 1.82) is 0 Å². The van der Waals surface area contributed by atoms with Gasteiger partial charge in [0.15, 0.2) is 0 Å². The molecular formula is C26H19FN4O2. The van der Waals surface area contributed by atoms with Crippen LogP contribution in [-0.4, -0.2) is 32.8 Å². The maximum absolute atomic E-state index is 13.5. The molecule has 0 aliphatic rings. The first-order valence-electron chi connectivity index (χ1n) is 10.4. The van der Waals surface area contributed by atoms with Crippen molar-refractivity contribution in [3.63, 3.8) is 0 Å². The van der Waals surface area contributed by atoms with E-state index in [-0.39, 0.29) is 23.8 Å². The van der Waals surface area contributed by atoms with Gasteiger partial charge in [-0.1, -0.05) is 30.3 Å². The van der Waals surface area contributed by atoms with Gasteiger partial charge in [-0.2, -0.15) is 0 Å². The number of pyridine rings is 1. The molecule has 0 fully saturated rings. The molecule has 2 aromatic heterocycles. The van der Waals surface area contributed by atoms with Gasteiger partial charge in [-0.15, -0.1) is 0 Å². The van der Waals surface area contributed by atoms with Crippen LogP contribution in [0.4, 0.5) is 4.39 Å². The predicted octanol–water partition coefficient (Wildman–Crippen LogP) is 4.55. The van der Waals surface area contributed by atoms with Gasteiger partial charge >= 0.3 is 0 Å². The number of nitrogens with zero attached hydrogens (tertiary/aromatic N) is 3. The standard InChI is InChI=1S/C26H19FN4O2/c1-31(15-24-29-22-9-5-3-7-19(22)25(32)30-24)26(33)20-14-23(16-10-12-17(27)13-11-16)28-21-8-4-2-6-18(20)21/h2-14H,15H2,1H3,(H,29,30,32). The van der Waals surface area contributed by atoms with Crippen molar-refractivity contribution in [2.45, 2.75) is 6.54 Å². The minimum atomic E-state index is -0.340. The van der Waals surface area contributed by atoms with Crippen LogP contribution in [-0.2, 0) is 6.54 Å². The molecule has 0 radical (unpaired) electrons. The highest BCUT2D eigenvalue weighted by Gasteiger charge is 2.19. The monoisotopic (exact) mass is 438 g/mol. The molecule has 0 saturated carbocycles. The van der Waals surface area contributed by atoms with Crippen molar-refractivity contribution in [3.05, 3.63) is 106 Å². The summed E-state index contributed by atoms with van der Waals surface area (Å²) in [4.78, 5) is 39.3. The van der Waals surface area contributed by atoms with Crippen LogP contribution in [0.25, 0.3) is 33.1 Å². The van der Waals surface area contributed by atoms with Crippen LogP contribution in [0.3, 0.4) is 0 Å². The number of para-hydroxylation sites is 2. The first-order chi connectivity index (χ1) is 16.0. The number of aromatic nitrogens is 3. The third-order valence-electron chi connectivity index (χ3n) is 5.48. The summed E-state index contributed by atoms with van der Waals surface area (Å²) < 4.78 is 13.4. The molecule has 3 aromatic carbocycles. The molecule has 162 valence electrons. The number of amides is 1. The molecule has 0 spiro atoms. The van der Waals surface area contributed by atoms with E-state index < -0.39 is 0 Å². The fraction of sp³-hybridized carbons (Fsp3) is 0.0769. The number of H-pyrrole nitrogens is 1. The van der Waals surface area contributed by atoms with Crippen LogP contribution in [0.15, 0.2) is 83.7 Å². The zero-order chi connectivity index (χ0) is 22.9. The van der Waals surface area contributed by atoms with Gasteiger partial charge < -0.3 is 9.88 Å². The van der Waals surface area contributed by atoms with Crippen LogP contribution >= 0.6 is 0 Å². The molecule has 5 aromatic rings. The van der Waals surface area contributed by atoms with Crippen molar-refractivity contribution in [2.24, 2.45) is 0 Å². The number of nitrogens with one attached hydrogen (secondary N) is 1. The Kier molecular flexibility index (Phi) is 5.14. The van der Waals surface area contributed by atoms with E-state index in [2.05, 4.69) is 15.0 Å². The van der Waals surface area contributed by atoms with E-state index in [1.54, 1.807) is 43.4 Å². The number of hydrogen-bond donors (Lipinski definition) is 1. The number of halogens is 1. The van der Waals surface area contributed by atoms with Crippen molar-refractivity contribution in [3.8, 4) is 11.3 Å². The molecular weight excluding hydrogens is 419 g/mol. The maximum atomic E-state index is 13.5. The molecule has 2 heterocycles. The minimum absolute atomic E-state index is 0.126. The fourth-order valence-electron chi connectivity index (χ4n) is 3.83. The average molecular weight is 438 g/mol. The highest BCUT2D eigenvalue weighted by molar-refractivity contribution is 6.07. The minimum Gasteiger partial charge on any atom is -0.334 e. The molecule has 6 nitrogen and oxygen atoms in total. The Hall–Kier alpha value is -4.39. The fourth-order valence-corrected chi connectivity index (χ4v) is 3.83. The van der Waals surface area contributed by atoms with E-state index in [0.29, 0.717) is 44.5 Å². The zero-order valence-electron chi connectivity index (χ0n) is 17.7. The lowest BCUT2D eigenvalue weighted by Crippen LogP contribution is -2.28. The number of rotatable bonds is 4. The van der Waals surface area contributed by atoms with E-state index in [1.807, 2.05) is 30.3 Å². The summed E-state index contributed by atoms with van der Waals surface area (Å²) in [7, 11) is 1.66. The number of hydrogen-bond acceptors (Lipinski definition) is 4. The SMILES string of the molecule is CN(Cc1nc2ccccc2c(=O)[nH]1)C(=O)c1cc(-c2ccc(F)cc2)nc2ccccc12. The van der Waals surface area contributed by atoms with E-state index >= 15 is 0 Å². The molecule has 1 amide bonds. The van der Waals surface area contributed by atoms with Gasteiger partial charge in [0, 0.05) is 18.0 Å². The zero-order valence-corrected chi connectivity index (χ0v) is 17.7. The Balaban J connectivity index is 1.53. The van der Waals surface area contributed by atoms with Crippen LogP contribution in [0.1, 0.15) is 16.2 Å². The molecule has 0 saturated heterocycles. The summed E-state index contributed by atoms with van der Waals surface area (Å²) in [5.74, 6) is -0.188. The van der Waals surface area contributed by atoms with E-state index in [1.165, 1.54) is 17.0 Å². The molecule has 7 heteroatoms. The largest absolute Gasteiger partial charge is 0.334 e. The summed E-state index contributed by atoms with van der Waals surface area (Å²) in [6, 6.07) is 22.1. The summed E-state index contributed by atoms with van der Waals surface area (Å²) >= 11 is 0. The van der Waals surface area contributed by atoms with Gasteiger partial charge in [0.25, 0.3) is 11.5 Å². The highest BCUT2D eigenvalue weighted by Crippen LogP contribution is 2.26. The van der Waals surface area contributed by atoms with E-state index in [4.69, 9.17) is 0 Å². The lowest BCUT2D eigenvalue weighted by Gasteiger charge is -2.18. The average Bonchev–Trinajstić information content (AvgIpc) is 2.83. The van der Waals surface area contributed by atoms with Crippen LogP contribution in [0.2, 0.25) is 0 Å². The molecule has 33 heavy (non-hydrogen) atoms. The predicted molar refractivity (Wildman–Crippen MR) is 125 cm³/mol. The molecule has 0 atom stereocenters. The maximum Gasteiger partial charge on any atom is 0.258 e. The van der Waals surface area contributed by atoms with Gasteiger partial charge in [-0.05, 0) is 48.5 Å². The first kappa shape index (κ1) is 20.5. The number of carbonyl (C=O) groups is 1. The number of benzene rings is 3. The number of fused-ring (bicyclic) bond motifs is 2. The van der Waals surface area contributed by atoms with Gasteiger partial charge in [-0.3, -0.25) is 9.59 Å². The van der Waals surface area contributed by atoms with Crippen molar-refractivity contribution >= 4 is 27.7 Å². The molecule has 1 N–H and O–H groups in total. The van der Waals surface area contributed by atoms with E-state index in [9.17, 15) is 14.0 Å². The summed E-state index contributed by atoms with van der Waals surface area (Å²) in [5.41, 5.74) is 2.73. The Bertz CT molecular complexity index is 1560. The van der Waals surface area contributed by atoms with Crippen LogP contribution < -0.4 is 5.56 Å². The van der Waals surface area contributed by atoms with Crippen LogP contribution in [0, 0.1) is 5.82 Å². The number of carbonyl (C=O) groups excluding carboxylic acids is 1.